The van der Waals surface area contributed by atoms with Crippen LogP contribution in [0.2, 0.25) is 0 Å². The lowest BCUT2D eigenvalue weighted by Crippen LogP contribution is -2.58. The number of carbonyl (C=O) groups excluding carboxylic acids is 1. The van der Waals surface area contributed by atoms with Gasteiger partial charge in [-0.2, -0.15) is 20.7 Å². The normalized spacial score (nSPS) is 14.0. The van der Waals surface area contributed by atoms with Crippen LogP contribution in [-0.2, 0) is 11.3 Å². The zero-order valence-electron chi connectivity index (χ0n) is 34.1. The van der Waals surface area contributed by atoms with Gasteiger partial charge in [-0.3, -0.25) is 15.0 Å². The third-order valence-corrected chi connectivity index (χ3v) is 11.0. The van der Waals surface area contributed by atoms with E-state index in [1.54, 1.807) is 66.7 Å². The third-order valence-electron chi connectivity index (χ3n) is 11.0. The van der Waals surface area contributed by atoms with Crippen molar-refractivity contribution in [1.82, 2.24) is 30.6 Å². The first kappa shape index (κ1) is 47.0. The van der Waals surface area contributed by atoms with Gasteiger partial charge in [0.1, 0.15) is 0 Å². The van der Waals surface area contributed by atoms with Crippen LogP contribution < -0.4 is 5.32 Å². The van der Waals surface area contributed by atoms with Crippen LogP contribution in [-0.4, -0.2) is 68.5 Å². The van der Waals surface area contributed by atoms with Gasteiger partial charge in [-0.15, -0.1) is 12.4 Å². The van der Waals surface area contributed by atoms with Crippen molar-refractivity contribution in [1.29, 1.82) is 10.5 Å². The number of H-pyrrole nitrogens is 2. The lowest BCUT2D eigenvalue weighted by atomic mass is 9.87. The van der Waals surface area contributed by atoms with Crippen molar-refractivity contribution in [3.05, 3.63) is 152 Å². The molecular formula is C47H49ClF2N8O3. The van der Waals surface area contributed by atoms with E-state index in [2.05, 4.69) is 25.7 Å². The zero-order chi connectivity index (χ0) is 42.6. The molecule has 11 nitrogen and oxygen atoms in total. The number of halogens is 3. The number of hydrogen-bond donors (Lipinski definition) is 4. The first-order valence-corrected chi connectivity index (χ1v) is 18.9. The second-order valence-electron chi connectivity index (χ2n) is 15.1. The Hall–Kier alpha value is -6.67. The molecule has 0 bridgehead atoms. The molecule has 0 atom stereocenters. The van der Waals surface area contributed by atoms with Gasteiger partial charge in [0.2, 0.25) is 0 Å². The Labute approximate surface area is 360 Å². The lowest BCUT2D eigenvalue weighted by Gasteiger charge is -2.44. The topological polar surface area (TPSA) is 175 Å². The van der Waals surface area contributed by atoms with Crippen LogP contribution >= 0.6 is 12.4 Å². The quantitative estimate of drug-likeness (QED) is 0.128. The van der Waals surface area contributed by atoms with Crippen molar-refractivity contribution >= 4 is 24.3 Å². The molecule has 2 aliphatic rings. The maximum atomic E-state index is 15.2. The van der Waals surface area contributed by atoms with E-state index in [-0.39, 0.29) is 44.4 Å². The van der Waals surface area contributed by atoms with E-state index in [0.717, 1.165) is 56.2 Å². The number of alkyl halides is 2. The number of nitrogens with zero attached hydrogens (tertiary/aromatic N) is 5. The molecule has 2 aliphatic heterocycles. The van der Waals surface area contributed by atoms with Crippen molar-refractivity contribution in [2.75, 3.05) is 26.2 Å². The van der Waals surface area contributed by atoms with E-state index in [0.29, 0.717) is 40.9 Å². The number of aromatic amines is 2. The molecule has 2 aromatic heterocycles. The number of rotatable bonds is 6. The lowest BCUT2D eigenvalue weighted by molar-refractivity contribution is -0.0231. The first-order valence-electron chi connectivity index (χ1n) is 18.9. The van der Waals surface area contributed by atoms with E-state index in [1.165, 1.54) is 4.90 Å². The number of amides is 1. The van der Waals surface area contributed by atoms with Gasteiger partial charge in [-0.25, -0.2) is 13.6 Å². The second-order valence-corrected chi connectivity index (χ2v) is 15.1. The van der Waals surface area contributed by atoms with E-state index >= 15 is 4.39 Å². The van der Waals surface area contributed by atoms with Crippen molar-refractivity contribution in [3.63, 3.8) is 0 Å². The Morgan fingerprint density at radius 2 is 1.08 bits per heavy atom. The van der Waals surface area contributed by atoms with Crippen LogP contribution in [0.15, 0.2) is 84.9 Å². The molecule has 1 amide bonds. The smallest absolute Gasteiger partial charge is 0.335 e. The Kier molecular flexibility index (Phi) is 14.8. The number of nitrogens with one attached hydrogen (secondary N) is 3. The highest BCUT2D eigenvalue weighted by molar-refractivity contribution is 5.96. The molecule has 6 aromatic rings. The molecule has 316 valence electrons. The third kappa shape index (κ3) is 9.87. The maximum absolute atomic E-state index is 15.2. The predicted octanol–water partition coefficient (Wildman–Crippen LogP) is 9.28. The molecular weight excluding hydrogens is 798 g/mol. The Bertz CT molecular complexity index is 2610. The molecule has 0 spiro atoms. The Morgan fingerprint density at radius 3 is 1.44 bits per heavy atom. The summed E-state index contributed by atoms with van der Waals surface area (Å²) >= 11 is 0. The van der Waals surface area contributed by atoms with Crippen molar-refractivity contribution < 1.29 is 23.5 Å². The SMILES string of the molecule is C.Cc1ccc(C(=O)N2CC(F)(c3ccc(C#N)cc3)C2)cc1-c1n[nH]c(C)c1C.Cc1ccc(C(=O)O)cc1-c1n[nH]c(C)c1C.Cl.N#Cc1ccc(C2(F)CNC2)cc1. The number of carbonyl (C=O) groups is 2. The summed E-state index contributed by atoms with van der Waals surface area (Å²) in [5, 5.41) is 43.8. The maximum Gasteiger partial charge on any atom is 0.335 e. The summed E-state index contributed by atoms with van der Waals surface area (Å²) in [6.07, 6.45) is 0. The second kappa shape index (κ2) is 19.1. The highest BCUT2D eigenvalue weighted by Crippen LogP contribution is 2.38. The van der Waals surface area contributed by atoms with E-state index in [1.807, 2.05) is 71.9 Å². The Balaban J connectivity index is 0.000000218. The highest BCUT2D eigenvalue weighted by atomic mass is 35.5. The van der Waals surface area contributed by atoms with Crippen LogP contribution in [0.4, 0.5) is 8.78 Å². The Morgan fingerprint density at radius 1 is 0.672 bits per heavy atom. The van der Waals surface area contributed by atoms with Crippen LogP contribution in [0.5, 0.6) is 0 Å². The van der Waals surface area contributed by atoms with Gasteiger partial charge in [-0.1, -0.05) is 43.8 Å². The summed E-state index contributed by atoms with van der Waals surface area (Å²) in [4.78, 5) is 25.4. The molecule has 0 aliphatic carbocycles. The number of aromatic carboxylic acids is 1. The number of carboxylic acids is 1. The summed E-state index contributed by atoms with van der Waals surface area (Å²) in [6, 6.07) is 27.7. The highest BCUT2D eigenvalue weighted by Gasteiger charge is 2.47. The number of likely N-dealkylation sites (tertiary alicyclic amines) is 1. The monoisotopic (exact) mass is 846 g/mol. The number of benzene rings is 4. The largest absolute Gasteiger partial charge is 0.478 e. The van der Waals surface area contributed by atoms with Gasteiger partial charge in [0, 0.05) is 41.2 Å². The molecule has 0 radical (unpaired) electrons. The van der Waals surface area contributed by atoms with Crippen molar-refractivity contribution in [2.45, 2.75) is 60.3 Å². The fraction of sp³-hybridized carbons (Fsp3) is 0.277. The summed E-state index contributed by atoms with van der Waals surface area (Å²) in [7, 11) is 0. The molecule has 2 fully saturated rings. The summed E-state index contributed by atoms with van der Waals surface area (Å²) < 4.78 is 28.9. The minimum atomic E-state index is -1.58. The fourth-order valence-electron chi connectivity index (χ4n) is 6.82. The van der Waals surface area contributed by atoms with Gasteiger partial charge < -0.3 is 15.3 Å². The molecule has 4 aromatic carbocycles. The number of aryl methyl sites for hydroxylation is 4. The molecule has 4 N–H and O–H groups in total. The average molecular weight is 847 g/mol. The van der Waals surface area contributed by atoms with Crippen LogP contribution in [0, 0.1) is 64.2 Å². The first-order chi connectivity index (χ1) is 28.1. The molecule has 61 heavy (non-hydrogen) atoms. The van der Waals surface area contributed by atoms with Gasteiger partial charge in [0.25, 0.3) is 5.91 Å². The van der Waals surface area contributed by atoms with E-state index < -0.39 is 17.3 Å². The summed E-state index contributed by atoms with van der Waals surface area (Å²) in [5.74, 6) is -1.12. The zero-order valence-corrected chi connectivity index (χ0v) is 34.9. The van der Waals surface area contributed by atoms with Gasteiger partial charge >= 0.3 is 5.97 Å². The number of aromatic nitrogens is 4. The van der Waals surface area contributed by atoms with Crippen molar-refractivity contribution in [2.24, 2.45) is 0 Å². The minimum absolute atomic E-state index is 0. The van der Waals surface area contributed by atoms with Crippen LogP contribution in [0.25, 0.3) is 22.5 Å². The fourth-order valence-corrected chi connectivity index (χ4v) is 6.82. The number of nitriles is 2. The van der Waals surface area contributed by atoms with E-state index in [4.69, 9.17) is 15.6 Å². The van der Waals surface area contributed by atoms with Crippen molar-refractivity contribution in [3.8, 4) is 34.7 Å². The van der Waals surface area contributed by atoms with Gasteiger partial charge in [-0.05, 0) is 123 Å². The van der Waals surface area contributed by atoms with Gasteiger partial charge in [0.15, 0.2) is 11.3 Å². The molecule has 0 saturated carbocycles. The molecule has 4 heterocycles. The minimum Gasteiger partial charge on any atom is -0.478 e. The van der Waals surface area contributed by atoms with Crippen LogP contribution in [0.3, 0.4) is 0 Å². The van der Waals surface area contributed by atoms with E-state index in [9.17, 15) is 14.0 Å². The van der Waals surface area contributed by atoms with Gasteiger partial charge in [0.05, 0.1) is 53.3 Å². The standard InChI is InChI=1S/C23H21FN4O.C13H14N2O2.C10H9FN2.CH4.ClH/c1-14-4-7-18(10-20(14)21-15(2)16(3)26-27-21)22(29)28-12-23(24,13-28)19-8-5-17(11-25)6-9-19;1-7-4-5-10(13(16)17)6-11(7)12-8(2)9(3)14-15-12;11-10(6-13-7-10)9-3-1-8(5-12)2-4-9;;/h4-10H,12-13H2,1-3H3,(H,26,27);4-6H,1-3H3,(H,14,15)(H,16,17);1-4,13H,6-7H2;1H4;1H. The summed E-state index contributed by atoms with van der Waals surface area (Å²) in [5.41, 5.74) is 9.77. The number of carboxylic acid groups (broad SMARTS) is 1. The molecule has 8 rings (SSSR count). The molecule has 0 unspecified atom stereocenters. The molecule has 14 heteroatoms. The predicted molar refractivity (Wildman–Crippen MR) is 234 cm³/mol. The average Bonchev–Trinajstić information content (AvgIpc) is 3.73. The number of hydrogen-bond acceptors (Lipinski definition) is 7. The van der Waals surface area contributed by atoms with Crippen LogP contribution in [0.1, 0.15) is 84.0 Å². The molecule has 2 saturated heterocycles. The summed E-state index contributed by atoms with van der Waals surface area (Å²) in [6.45, 7) is 12.6.